The van der Waals surface area contributed by atoms with Crippen LogP contribution in [-0.4, -0.2) is 33.6 Å². The summed E-state index contributed by atoms with van der Waals surface area (Å²) >= 11 is 0. The molecular weight excluding hydrogens is 344 g/mol. The molecule has 0 bridgehead atoms. The van der Waals surface area contributed by atoms with Crippen LogP contribution in [0.3, 0.4) is 0 Å². The van der Waals surface area contributed by atoms with E-state index in [0.29, 0.717) is 33.8 Å². The Bertz CT molecular complexity index is 911. The van der Waals surface area contributed by atoms with Crippen LogP contribution in [0.2, 0.25) is 0 Å². The van der Waals surface area contributed by atoms with Crippen molar-refractivity contribution in [1.29, 1.82) is 0 Å². The van der Waals surface area contributed by atoms with E-state index in [1.807, 2.05) is 18.2 Å². The lowest BCUT2D eigenvalue weighted by Crippen LogP contribution is -2.36. The van der Waals surface area contributed by atoms with Gasteiger partial charge in [0.05, 0.1) is 9.79 Å². The number of sulfone groups is 1. The molecule has 0 aliphatic carbocycles. The molecule has 5 heteroatoms. The quantitative estimate of drug-likeness (QED) is 0.878. The second kappa shape index (κ2) is 6.39. The molecule has 2 aromatic rings. The highest BCUT2D eigenvalue weighted by Gasteiger charge is 2.40. The summed E-state index contributed by atoms with van der Waals surface area (Å²) in [5.41, 5.74) is 2.35. The lowest BCUT2D eigenvalue weighted by Gasteiger charge is -2.26. The molecule has 1 saturated heterocycles. The fourth-order valence-corrected chi connectivity index (χ4v) is 6.00. The highest BCUT2D eigenvalue weighted by molar-refractivity contribution is 7.91. The van der Waals surface area contributed by atoms with E-state index >= 15 is 0 Å². The smallest absolute Gasteiger partial charge is 0.206 e. The maximum atomic E-state index is 13.0. The van der Waals surface area contributed by atoms with Crippen molar-refractivity contribution in [3.05, 3.63) is 54.1 Å². The van der Waals surface area contributed by atoms with Crippen molar-refractivity contribution in [1.82, 2.24) is 5.32 Å². The number of nitrogens with zero attached hydrogens (tertiary/aromatic N) is 1. The molecule has 4 atom stereocenters. The zero-order chi connectivity index (χ0) is 18.5. The number of nitrogens with one attached hydrogen (secondary N) is 1. The van der Waals surface area contributed by atoms with E-state index in [9.17, 15) is 8.42 Å². The van der Waals surface area contributed by atoms with Crippen LogP contribution >= 0.6 is 0 Å². The summed E-state index contributed by atoms with van der Waals surface area (Å²) in [7, 11) is -1.35. The monoisotopic (exact) mass is 370 g/mol. The summed E-state index contributed by atoms with van der Waals surface area (Å²) in [6.07, 6.45) is 2.10. The van der Waals surface area contributed by atoms with Crippen LogP contribution in [-0.2, 0) is 9.84 Å². The Labute approximate surface area is 156 Å². The zero-order valence-corrected chi connectivity index (χ0v) is 16.3. The summed E-state index contributed by atoms with van der Waals surface area (Å²) in [5.74, 6) is 0.369. The maximum absolute atomic E-state index is 13.0. The topological polar surface area (TPSA) is 49.4 Å². The first-order chi connectivity index (χ1) is 12.4. The van der Waals surface area contributed by atoms with Gasteiger partial charge in [-0.25, -0.2) is 8.42 Å². The Morgan fingerprint density at radius 3 is 2.38 bits per heavy atom. The van der Waals surface area contributed by atoms with Crippen LogP contribution in [0.25, 0.3) is 0 Å². The molecule has 4 rings (SSSR count). The van der Waals surface area contributed by atoms with Gasteiger partial charge in [-0.2, -0.15) is 0 Å². The minimum absolute atomic E-state index is 0.354. The van der Waals surface area contributed by atoms with Gasteiger partial charge in [-0.05, 0) is 62.6 Å². The first-order valence-electron chi connectivity index (χ1n) is 9.31. The first-order valence-corrected chi connectivity index (χ1v) is 10.8. The third-order valence-corrected chi connectivity index (χ3v) is 7.64. The van der Waals surface area contributed by atoms with Gasteiger partial charge in [-0.3, -0.25) is 0 Å². The number of hydrogen-bond donors (Lipinski definition) is 1. The molecule has 0 radical (unpaired) electrons. The standard InChI is InChI=1S/C21H26N2O2S/c1-14-11-18-19-13-17(26(24,25)16-7-5-4-6-8-16)9-10-20(19)23(3)21(18)12-15(2)22-14/h4-10,13-15,18,21-22H,11-12H2,1-3H3/t14?,15?,18-,21-/m1/s1. The molecule has 26 heavy (non-hydrogen) atoms. The second-order valence-corrected chi connectivity index (χ2v) is 9.71. The number of likely N-dealkylation sites (N-methyl/N-ethyl adjacent to an activating group) is 1. The lowest BCUT2D eigenvalue weighted by atomic mass is 9.88. The largest absolute Gasteiger partial charge is 0.371 e. The summed E-state index contributed by atoms with van der Waals surface area (Å²) < 4.78 is 26.1. The minimum atomic E-state index is -3.48. The average molecular weight is 371 g/mol. The van der Waals surface area contributed by atoms with Gasteiger partial charge in [0, 0.05) is 36.8 Å². The van der Waals surface area contributed by atoms with E-state index in [0.717, 1.165) is 12.8 Å². The normalized spacial score (nSPS) is 28.3. The third-order valence-electron chi connectivity index (χ3n) is 5.88. The number of fused-ring (bicyclic) bond motifs is 3. The van der Waals surface area contributed by atoms with Gasteiger partial charge in [0.25, 0.3) is 0 Å². The fourth-order valence-electron chi connectivity index (χ4n) is 4.68. The molecule has 0 aromatic heterocycles. The van der Waals surface area contributed by atoms with E-state index in [1.165, 1.54) is 11.3 Å². The van der Waals surface area contributed by atoms with Crippen LogP contribution in [0.1, 0.15) is 38.2 Å². The van der Waals surface area contributed by atoms with Gasteiger partial charge in [-0.15, -0.1) is 0 Å². The number of benzene rings is 2. The molecule has 138 valence electrons. The van der Waals surface area contributed by atoms with Crippen molar-refractivity contribution in [3.8, 4) is 0 Å². The van der Waals surface area contributed by atoms with Crippen molar-refractivity contribution in [2.45, 2.75) is 60.5 Å². The Morgan fingerprint density at radius 1 is 0.962 bits per heavy atom. The fraction of sp³-hybridized carbons (Fsp3) is 0.429. The van der Waals surface area contributed by atoms with Gasteiger partial charge in [-0.1, -0.05) is 18.2 Å². The molecule has 4 nitrogen and oxygen atoms in total. The van der Waals surface area contributed by atoms with Crippen molar-refractivity contribution in [2.24, 2.45) is 0 Å². The number of rotatable bonds is 2. The van der Waals surface area contributed by atoms with Gasteiger partial charge in [0.15, 0.2) is 0 Å². The van der Waals surface area contributed by atoms with E-state index in [-0.39, 0.29) is 0 Å². The van der Waals surface area contributed by atoms with Crippen LogP contribution in [0.15, 0.2) is 58.3 Å². The van der Waals surface area contributed by atoms with Crippen molar-refractivity contribution in [3.63, 3.8) is 0 Å². The summed E-state index contributed by atoms with van der Waals surface area (Å²) in [4.78, 5) is 3.09. The molecule has 2 heterocycles. The summed E-state index contributed by atoms with van der Waals surface area (Å²) in [6.45, 7) is 4.46. The molecular formula is C21H26N2O2S. The Balaban J connectivity index is 1.78. The highest BCUT2D eigenvalue weighted by atomic mass is 32.2. The zero-order valence-electron chi connectivity index (χ0n) is 15.5. The summed E-state index contributed by atoms with van der Waals surface area (Å²) in [6, 6.07) is 15.7. The summed E-state index contributed by atoms with van der Waals surface area (Å²) in [5, 5.41) is 3.65. The molecule has 2 aliphatic rings. The van der Waals surface area contributed by atoms with E-state index in [4.69, 9.17) is 0 Å². The van der Waals surface area contributed by atoms with Crippen LogP contribution < -0.4 is 10.2 Å². The predicted molar refractivity (Wildman–Crippen MR) is 105 cm³/mol. The molecule has 2 aliphatic heterocycles. The average Bonchev–Trinajstić information content (AvgIpc) is 2.77. The Morgan fingerprint density at radius 2 is 1.65 bits per heavy atom. The van der Waals surface area contributed by atoms with E-state index < -0.39 is 9.84 Å². The third kappa shape index (κ3) is 2.83. The van der Waals surface area contributed by atoms with Gasteiger partial charge >= 0.3 is 0 Å². The van der Waals surface area contributed by atoms with Crippen LogP contribution in [0.4, 0.5) is 5.69 Å². The molecule has 0 spiro atoms. The van der Waals surface area contributed by atoms with Crippen molar-refractivity contribution in [2.75, 3.05) is 11.9 Å². The van der Waals surface area contributed by atoms with E-state index in [1.54, 1.807) is 30.3 Å². The number of anilines is 1. The van der Waals surface area contributed by atoms with Crippen LogP contribution in [0.5, 0.6) is 0 Å². The van der Waals surface area contributed by atoms with Gasteiger partial charge in [0.1, 0.15) is 0 Å². The highest BCUT2D eigenvalue weighted by Crippen LogP contribution is 2.46. The molecule has 0 amide bonds. The van der Waals surface area contributed by atoms with Gasteiger partial charge in [0.2, 0.25) is 9.84 Å². The molecule has 2 aromatic carbocycles. The van der Waals surface area contributed by atoms with E-state index in [2.05, 4.69) is 31.1 Å². The van der Waals surface area contributed by atoms with Crippen molar-refractivity contribution < 1.29 is 8.42 Å². The predicted octanol–water partition coefficient (Wildman–Crippen LogP) is 3.58. The Kier molecular flexibility index (Phi) is 4.32. The minimum Gasteiger partial charge on any atom is -0.371 e. The second-order valence-electron chi connectivity index (χ2n) is 7.76. The van der Waals surface area contributed by atoms with Gasteiger partial charge < -0.3 is 10.2 Å². The van der Waals surface area contributed by atoms with Crippen LogP contribution in [0, 0.1) is 0 Å². The number of hydrogen-bond acceptors (Lipinski definition) is 4. The molecule has 2 unspecified atom stereocenters. The molecule has 1 fully saturated rings. The lowest BCUT2D eigenvalue weighted by molar-refractivity contribution is 0.466. The molecule has 0 saturated carbocycles. The molecule has 1 N–H and O–H groups in total. The Hall–Kier alpha value is -1.85. The maximum Gasteiger partial charge on any atom is 0.206 e. The van der Waals surface area contributed by atoms with Crippen molar-refractivity contribution >= 4 is 15.5 Å². The first kappa shape index (κ1) is 17.6. The SMILES string of the molecule is CC1C[C@@H]2c3cc(S(=O)(=O)c4ccccc4)ccc3N(C)[C@@H]2CC(C)N1.